The lowest BCUT2D eigenvalue weighted by molar-refractivity contribution is 0.100. The molecule has 4 nitrogen and oxygen atoms in total. The highest BCUT2D eigenvalue weighted by Gasteiger charge is 2.13. The van der Waals surface area contributed by atoms with Crippen LogP contribution in [0.2, 0.25) is 0 Å². The van der Waals surface area contributed by atoms with Crippen molar-refractivity contribution >= 4 is 11.5 Å². The molecule has 0 unspecified atom stereocenters. The molecule has 0 radical (unpaired) electrons. The van der Waals surface area contributed by atoms with E-state index >= 15 is 0 Å². The predicted octanol–water partition coefficient (Wildman–Crippen LogP) is 2.89. The van der Waals surface area contributed by atoms with Crippen LogP contribution in [0, 0.1) is 11.3 Å². The fraction of sp³-hybridized carbons (Fsp3) is 0.176. The summed E-state index contributed by atoms with van der Waals surface area (Å²) < 4.78 is 5.30. The Morgan fingerprint density at radius 1 is 1.19 bits per heavy atom. The zero-order chi connectivity index (χ0) is 15.2. The van der Waals surface area contributed by atoms with Crippen LogP contribution >= 0.6 is 0 Å². The second kappa shape index (κ2) is 6.58. The molecule has 0 atom stereocenters. The molecular weight excluding hydrogens is 264 g/mol. The molecule has 2 aromatic carbocycles. The van der Waals surface area contributed by atoms with E-state index in [1.54, 1.807) is 31.4 Å². The second-order valence-electron chi connectivity index (χ2n) is 4.64. The van der Waals surface area contributed by atoms with E-state index in [1.807, 2.05) is 42.3 Å². The molecule has 4 heteroatoms. The molecule has 0 aromatic heterocycles. The smallest absolute Gasteiger partial charge is 0.182 e. The van der Waals surface area contributed by atoms with Crippen LogP contribution in [-0.4, -0.2) is 26.5 Å². The third kappa shape index (κ3) is 3.40. The first kappa shape index (κ1) is 14.6. The summed E-state index contributed by atoms with van der Waals surface area (Å²) >= 11 is 0. The Bertz CT molecular complexity index is 672. The Morgan fingerprint density at radius 2 is 1.86 bits per heavy atom. The molecule has 0 aliphatic rings. The van der Waals surface area contributed by atoms with Crippen molar-refractivity contribution in [1.29, 1.82) is 5.26 Å². The summed E-state index contributed by atoms with van der Waals surface area (Å²) in [5.74, 6) is 0.723. The van der Waals surface area contributed by atoms with Crippen LogP contribution in [0.25, 0.3) is 0 Å². The molecule has 0 aliphatic carbocycles. The number of methoxy groups -OCH3 is 1. The summed E-state index contributed by atoms with van der Waals surface area (Å²) in [5.41, 5.74) is 2.00. The van der Waals surface area contributed by atoms with Crippen LogP contribution in [0.15, 0.2) is 48.5 Å². The minimum atomic E-state index is -0.00658. The molecule has 0 aliphatic heterocycles. The molecule has 0 heterocycles. The van der Waals surface area contributed by atoms with Crippen molar-refractivity contribution in [2.75, 3.05) is 25.6 Å². The van der Waals surface area contributed by atoms with Gasteiger partial charge in [0.2, 0.25) is 0 Å². The van der Waals surface area contributed by atoms with Crippen LogP contribution < -0.4 is 9.64 Å². The molecule has 0 fully saturated rings. The summed E-state index contributed by atoms with van der Waals surface area (Å²) in [6.45, 7) is 0.242. The summed E-state index contributed by atoms with van der Waals surface area (Å²) in [4.78, 5) is 14.1. The molecule has 2 aromatic rings. The Hall–Kier alpha value is -2.80. The van der Waals surface area contributed by atoms with E-state index in [0.717, 1.165) is 11.4 Å². The molecule has 21 heavy (non-hydrogen) atoms. The van der Waals surface area contributed by atoms with Gasteiger partial charge < -0.3 is 9.64 Å². The third-order valence-electron chi connectivity index (χ3n) is 3.21. The molecule has 0 saturated heterocycles. The highest BCUT2D eigenvalue weighted by atomic mass is 16.5. The molecule has 0 spiro atoms. The molecular formula is C17H16N2O2. The average Bonchev–Trinajstić information content (AvgIpc) is 2.54. The number of ketones is 1. The van der Waals surface area contributed by atoms with Gasteiger partial charge in [0.15, 0.2) is 5.78 Å². The minimum absolute atomic E-state index is 0.00658. The number of hydrogen-bond acceptors (Lipinski definition) is 4. The first-order chi connectivity index (χ1) is 10.2. The van der Waals surface area contributed by atoms with Gasteiger partial charge in [0, 0.05) is 12.6 Å². The number of para-hydroxylation sites is 2. The number of nitrogens with zero attached hydrogens (tertiary/aromatic N) is 2. The standard InChI is InChI=1S/C17H16N2O2/c1-19(15-5-3-4-6-17(15)21-2)12-16(20)14-9-7-13(11-18)8-10-14/h3-10H,12H2,1-2H3. The molecule has 0 saturated carbocycles. The van der Waals surface area contributed by atoms with E-state index in [2.05, 4.69) is 0 Å². The highest BCUT2D eigenvalue weighted by molar-refractivity contribution is 5.99. The van der Waals surface area contributed by atoms with Gasteiger partial charge in [-0.05, 0) is 24.3 Å². The number of carbonyl (C=O) groups excluding carboxylic acids is 1. The monoisotopic (exact) mass is 280 g/mol. The number of ether oxygens (including phenoxy) is 1. The summed E-state index contributed by atoms with van der Waals surface area (Å²) in [6, 6.07) is 16.2. The maximum atomic E-state index is 12.3. The lowest BCUT2D eigenvalue weighted by atomic mass is 10.1. The average molecular weight is 280 g/mol. The highest BCUT2D eigenvalue weighted by Crippen LogP contribution is 2.26. The normalized spacial score (nSPS) is 9.76. The summed E-state index contributed by atoms with van der Waals surface area (Å²) in [5, 5.41) is 8.76. The quantitative estimate of drug-likeness (QED) is 0.790. The molecule has 0 bridgehead atoms. The summed E-state index contributed by atoms with van der Waals surface area (Å²) in [6.07, 6.45) is 0. The van der Waals surface area contributed by atoms with Crippen molar-refractivity contribution in [1.82, 2.24) is 0 Å². The first-order valence-electron chi connectivity index (χ1n) is 6.53. The maximum Gasteiger partial charge on any atom is 0.182 e. The van der Waals surface area contributed by atoms with E-state index < -0.39 is 0 Å². The van der Waals surface area contributed by atoms with Crippen molar-refractivity contribution in [2.45, 2.75) is 0 Å². The van der Waals surface area contributed by atoms with Crippen molar-refractivity contribution in [2.24, 2.45) is 0 Å². The van der Waals surface area contributed by atoms with Crippen LogP contribution in [0.5, 0.6) is 5.75 Å². The number of carbonyl (C=O) groups is 1. The topological polar surface area (TPSA) is 53.3 Å². The second-order valence-corrected chi connectivity index (χ2v) is 4.64. The number of hydrogen-bond donors (Lipinski definition) is 0. The van der Waals surface area contributed by atoms with E-state index in [0.29, 0.717) is 11.1 Å². The molecule has 2 rings (SSSR count). The third-order valence-corrected chi connectivity index (χ3v) is 3.21. The summed E-state index contributed by atoms with van der Waals surface area (Å²) in [7, 11) is 3.45. The van der Waals surface area contributed by atoms with E-state index in [4.69, 9.17) is 10.00 Å². The van der Waals surface area contributed by atoms with Gasteiger partial charge in [-0.2, -0.15) is 5.26 Å². The van der Waals surface area contributed by atoms with Gasteiger partial charge in [-0.15, -0.1) is 0 Å². The van der Waals surface area contributed by atoms with Gasteiger partial charge in [-0.3, -0.25) is 4.79 Å². The zero-order valence-electron chi connectivity index (χ0n) is 12.0. The fourth-order valence-electron chi connectivity index (χ4n) is 2.07. The van der Waals surface area contributed by atoms with Crippen LogP contribution in [0.4, 0.5) is 5.69 Å². The number of benzene rings is 2. The Balaban J connectivity index is 2.13. The zero-order valence-corrected chi connectivity index (χ0v) is 12.0. The fourth-order valence-corrected chi connectivity index (χ4v) is 2.07. The molecule has 106 valence electrons. The Labute approximate surface area is 124 Å². The Kier molecular flexibility index (Phi) is 4.57. The van der Waals surface area contributed by atoms with Gasteiger partial charge in [-0.25, -0.2) is 0 Å². The van der Waals surface area contributed by atoms with Gasteiger partial charge in [0.25, 0.3) is 0 Å². The van der Waals surface area contributed by atoms with E-state index in [1.165, 1.54) is 0 Å². The largest absolute Gasteiger partial charge is 0.495 e. The molecule has 0 amide bonds. The van der Waals surface area contributed by atoms with Gasteiger partial charge >= 0.3 is 0 Å². The minimum Gasteiger partial charge on any atom is -0.495 e. The van der Waals surface area contributed by atoms with E-state index in [-0.39, 0.29) is 12.3 Å². The predicted molar refractivity (Wildman–Crippen MR) is 81.8 cm³/mol. The van der Waals surface area contributed by atoms with Crippen molar-refractivity contribution < 1.29 is 9.53 Å². The van der Waals surface area contributed by atoms with Crippen molar-refractivity contribution in [3.8, 4) is 11.8 Å². The number of anilines is 1. The van der Waals surface area contributed by atoms with Crippen LogP contribution in [-0.2, 0) is 0 Å². The van der Waals surface area contributed by atoms with Crippen molar-refractivity contribution in [3.63, 3.8) is 0 Å². The first-order valence-corrected chi connectivity index (χ1v) is 6.53. The maximum absolute atomic E-state index is 12.3. The molecule has 0 N–H and O–H groups in total. The Morgan fingerprint density at radius 3 is 2.48 bits per heavy atom. The van der Waals surface area contributed by atoms with Crippen LogP contribution in [0.3, 0.4) is 0 Å². The number of likely N-dealkylation sites (N-methyl/N-ethyl adjacent to an activating group) is 1. The van der Waals surface area contributed by atoms with Gasteiger partial charge in [-0.1, -0.05) is 24.3 Å². The van der Waals surface area contributed by atoms with Crippen molar-refractivity contribution in [3.05, 3.63) is 59.7 Å². The van der Waals surface area contributed by atoms with E-state index in [9.17, 15) is 4.79 Å². The number of rotatable bonds is 5. The SMILES string of the molecule is COc1ccccc1N(C)CC(=O)c1ccc(C#N)cc1. The van der Waals surface area contributed by atoms with Crippen LogP contribution in [0.1, 0.15) is 15.9 Å². The number of Topliss-reactive ketones (excluding diaryl/α,β-unsaturated/α-hetero) is 1. The lowest BCUT2D eigenvalue weighted by Gasteiger charge is -2.20. The lowest BCUT2D eigenvalue weighted by Crippen LogP contribution is -2.26. The van der Waals surface area contributed by atoms with Gasteiger partial charge in [0.05, 0.1) is 31.0 Å². The number of nitriles is 1. The van der Waals surface area contributed by atoms with Gasteiger partial charge in [0.1, 0.15) is 5.75 Å².